The Morgan fingerprint density at radius 2 is 2.00 bits per heavy atom. The van der Waals surface area contributed by atoms with E-state index in [0.29, 0.717) is 22.9 Å². The van der Waals surface area contributed by atoms with Gasteiger partial charge >= 0.3 is 5.92 Å². The Bertz CT molecular complexity index is 991. The van der Waals surface area contributed by atoms with Gasteiger partial charge in [0.1, 0.15) is 23.7 Å². The van der Waals surface area contributed by atoms with E-state index in [1.807, 2.05) is 0 Å². The zero-order valence-corrected chi connectivity index (χ0v) is 14.2. The predicted octanol–water partition coefficient (Wildman–Crippen LogP) is 2.79. The van der Waals surface area contributed by atoms with Crippen molar-refractivity contribution >= 4 is 15.9 Å². The Kier molecular flexibility index (Phi) is 4.09. The molecule has 0 saturated heterocycles. The molecule has 0 aliphatic heterocycles. The van der Waals surface area contributed by atoms with Crippen molar-refractivity contribution in [3.63, 3.8) is 0 Å². The number of alkyl halides is 2. The van der Waals surface area contributed by atoms with Gasteiger partial charge in [-0.15, -0.1) is 5.10 Å². The maximum atomic E-state index is 15.5. The molecule has 0 fully saturated rings. The molecule has 0 spiro atoms. The molecule has 2 heterocycles. The summed E-state index contributed by atoms with van der Waals surface area (Å²) in [7, 11) is 0. The van der Waals surface area contributed by atoms with Crippen molar-refractivity contribution in [3.05, 3.63) is 70.2 Å². The fourth-order valence-corrected chi connectivity index (χ4v) is 2.44. The molecule has 1 atom stereocenters. The van der Waals surface area contributed by atoms with Gasteiger partial charge in [-0.25, -0.2) is 13.5 Å². The third-order valence-electron chi connectivity index (χ3n) is 3.45. The topological polar surface area (TPSA) is 76.7 Å². The second-order valence-electron chi connectivity index (χ2n) is 5.14. The first-order chi connectivity index (χ1) is 13.0. The van der Waals surface area contributed by atoms with Gasteiger partial charge in [-0.1, -0.05) is 0 Å². The normalized spacial score (nSPS) is 15.9. The molecule has 1 N–H and O–H groups in total. The molecule has 6 nitrogen and oxygen atoms in total. The number of halogens is 5. The first kappa shape index (κ1) is 15.8. The van der Waals surface area contributed by atoms with E-state index in [1.54, 1.807) is 0 Å². The van der Waals surface area contributed by atoms with Gasteiger partial charge < -0.3 is 5.11 Å². The second-order valence-corrected chi connectivity index (χ2v) is 6.05. The molecule has 3 rings (SSSR count). The van der Waals surface area contributed by atoms with Gasteiger partial charge in [-0.2, -0.15) is 8.78 Å². The maximum absolute atomic E-state index is 15.5. The Balaban J connectivity index is 2.32. The fraction of sp³-hybridized carbons (Fsp3) is 0.200. The SMILES string of the molecule is [2H]C([2H])(n1cnnn1)C(O)(c1ccc(F)cc1F)C(F)(F)c1ccc(Br)cn1. The van der Waals surface area contributed by atoms with Crippen molar-refractivity contribution in [2.45, 2.75) is 18.0 Å². The number of hydrogen-bond donors (Lipinski definition) is 1. The first-order valence-corrected chi connectivity index (χ1v) is 7.72. The maximum Gasteiger partial charge on any atom is 0.323 e. The highest BCUT2D eigenvalue weighted by molar-refractivity contribution is 9.10. The number of aromatic nitrogens is 5. The molecule has 3 aromatic rings. The lowest BCUT2D eigenvalue weighted by Crippen LogP contribution is -2.48. The molecular weight excluding hydrogens is 422 g/mol. The molecule has 0 aliphatic carbocycles. The number of rotatable bonds is 5. The summed E-state index contributed by atoms with van der Waals surface area (Å²) in [5, 5.41) is 20.6. The summed E-state index contributed by atoms with van der Waals surface area (Å²) in [5.74, 6) is -7.19. The standard InChI is InChI=1S/C15H10BrF4N5O/c16-9-1-4-13(21-6-9)15(19,20)14(26,7-25-8-22-23-24-25)11-3-2-10(17)5-12(11)18/h1-6,8,26H,7H2/i7D2. The van der Waals surface area contributed by atoms with Crippen molar-refractivity contribution in [3.8, 4) is 0 Å². The van der Waals surface area contributed by atoms with Crippen LogP contribution in [-0.2, 0) is 18.0 Å². The average molecular weight is 434 g/mol. The minimum Gasteiger partial charge on any atom is -0.377 e. The van der Waals surface area contributed by atoms with Crippen LogP contribution in [0.2, 0.25) is 0 Å². The van der Waals surface area contributed by atoms with E-state index >= 15 is 8.78 Å². The van der Waals surface area contributed by atoms with Crippen LogP contribution in [0.25, 0.3) is 0 Å². The Morgan fingerprint density at radius 3 is 2.58 bits per heavy atom. The number of pyridine rings is 1. The first-order valence-electron chi connectivity index (χ1n) is 7.93. The summed E-state index contributed by atoms with van der Waals surface area (Å²) >= 11 is 3.02. The number of benzene rings is 1. The quantitative estimate of drug-likeness (QED) is 0.626. The third-order valence-corrected chi connectivity index (χ3v) is 3.92. The summed E-state index contributed by atoms with van der Waals surface area (Å²) in [6.45, 7) is -3.48. The largest absolute Gasteiger partial charge is 0.377 e. The van der Waals surface area contributed by atoms with Crippen LogP contribution in [0.15, 0.2) is 47.3 Å². The zero-order valence-electron chi connectivity index (χ0n) is 14.6. The van der Waals surface area contributed by atoms with Crippen molar-refractivity contribution in [1.82, 2.24) is 25.2 Å². The third kappa shape index (κ3) is 3.19. The van der Waals surface area contributed by atoms with E-state index in [1.165, 1.54) is 6.07 Å². The molecule has 0 amide bonds. The van der Waals surface area contributed by atoms with Crippen LogP contribution < -0.4 is 0 Å². The van der Waals surface area contributed by atoms with E-state index in [4.69, 9.17) is 2.74 Å². The summed E-state index contributed by atoms with van der Waals surface area (Å²) < 4.78 is 75.5. The Morgan fingerprint density at radius 1 is 1.23 bits per heavy atom. The number of hydrogen-bond acceptors (Lipinski definition) is 5. The van der Waals surface area contributed by atoms with Gasteiger partial charge in [0.05, 0.1) is 9.24 Å². The molecule has 11 heteroatoms. The lowest BCUT2D eigenvalue weighted by atomic mass is 9.84. The monoisotopic (exact) mass is 433 g/mol. The average Bonchev–Trinajstić information content (AvgIpc) is 3.16. The van der Waals surface area contributed by atoms with Crippen molar-refractivity contribution in [2.75, 3.05) is 0 Å². The minimum absolute atomic E-state index is 0.211. The van der Waals surface area contributed by atoms with Crippen molar-refractivity contribution in [1.29, 1.82) is 0 Å². The molecule has 0 bridgehead atoms. The molecule has 1 aromatic carbocycles. The van der Waals surface area contributed by atoms with Gasteiger partial charge in [-0.3, -0.25) is 4.98 Å². The fourth-order valence-electron chi connectivity index (χ4n) is 2.21. The minimum atomic E-state index is -4.50. The second kappa shape index (κ2) is 6.72. The zero-order chi connectivity index (χ0) is 20.7. The van der Waals surface area contributed by atoms with Crippen LogP contribution in [-0.4, -0.2) is 30.3 Å². The summed E-state index contributed by atoms with van der Waals surface area (Å²) in [6.07, 6.45) is 1.63. The van der Waals surface area contributed by atoms with Gasteiger partial charge in [-0.05, 0) is 50.6 Å². The summed E-state index contributed by atoms with van der Waals surface area (Å²) in [4.78, 5) is 3.50. The van der Waals surface area contributed by atoms with E-state index < -0.39 is 40.9 Å². The molecule has 0 radical (unpaired) electrons. The Hall–Kier alpha value is -2.40. The van der Waals surface area contributed by atoms with E-state index in [-0.39, 0.29) is 10.7 Å². The molecule has 1 unspecified atom stereocenters. The van der Waals surface area contributed by atoms with E-state index in [0.717, 1.165) is 12.3 Å². The summed E-state index contributed by atoms with van der Waals surface area (Å²) in [6, 6.07) is 3.40. The molecule has 0 saturated carbocycles. The van der Waals surface area contributed by atoms with Gasteiger partial charge in [0.15, 0.2) is 5.60 Å². The molecular formula is C15H10BrF4N5O. The lowest BCUT2D eigenvalue weighted by Gasteiger charge is -2.35. The van der Waals surface area contributed by atoms with Crippen LogP contribution in [0.4, 0.5) is 17.6 Å². The van der Waals surface area contributed by atoms with Crippen LogP contribution in [0, 0.1) is 11.6 Å². The van der Waals surface area contributed by atoms with Gasteiger partial charge in [0, 0.05) is 22.3 Å². The van der Waals surface area contributed by atoms with Crippen molar-refractivity contribution < 1.29 is 25.4 Å². The number of nitrogens with zero attached hydrogens (tertiary/aromatic N) is 5. The van der Waals surface area contributed by atoms with Gasteiger partial charge in [0.25, 0.3) is 0 Å². The number of aliphatic hydroxyl groups is 1. The van der Waals surface area contributed by atoms with Crippen LogP contribution in [0.5, 0.6) is 0 Å². The highest BCUT2D eigenvalue weighted by atomic mass is 79.9. The highest BCUT2D eigenvalue weighted by Gasteiger charge is 2.57. The molecule has 26 heavy (non-hydrogen) atoms. The molecule has 2 aromatic heterocycles. The van der Waals surface area contributed by atoms with Crippen molar-refractivity contribution in [2.24, 2.45) is 0 Å². The van der Waals surface area contributed by atoms with E-state index in [9.17, 15) is 13.9 Å². The number of tetrazole rings is 1. The molecule has 0 aliphatic rings. The van der Waals surface area contributed by atoms with Crippen LogP contribution in [0.1, 0.15) is 14.0 Å². The van der Waals surface area contributed by atoms with Crippen LogP contribution in [0.3, 0.4) is 0 Å². The molecule has 136 valence electrons. The smallest absolute Gasteiger partial charge is 0.323 e. The summed E-state index contributed by atoms with van der Waals surface area (Å²) in [5.41, 5.74) is -6.17. The Labute approximate surface area is 155 Å². The van der Waals surface area contributed by atoms with E-state index in [2.05, 4.69) is 36.4 Å². The van der Waals surface area contributed by atoms with Gasteiger partial charge in [0.2, 0.25) is 0 Å². The lowest BCUT2D eigenvalue weighted by molar-refractivity contribution is -0.207. The van der Waals surface area contributed by atoms with Crippen LogP contribution >= 0.6 is 15.9 Å². The highest BCUT2D eigenvalue weighted by Crippen LogP contribution is 2.46. The predicted molar refractivity (Wildman–Crippen MR) is 83.9 cm³/mol.